The second-order valence-corrected chi connectivity index (χ2v) is 5.26. The lowest BCUT2D eigenvalue weighted by atomic mass is 10.3. The highest BCUT2D eigenvalue weighted by Gasteiger charge is 2.13. The number of rotatable bonds is 5. The predicted octanol–water partition coefficient (Wildman–Crippen LogP) is 2.69. The van der Waals surface area contributed by atoms with Crippen LogP contribution in [0.2, 0.25) is 0 Å². The van der Waals surface area contributed by atoms with Crippen molar-refractivity contribution in [2.45, 2.75) is 33.2 Å². The van der Waals surface area contributed by atoms with Gasteiger partial charge in [0.1, 0.15) is 5.01 Å². The molecule has 0 aliphatic rings. The van der Waals surface area contributed by atoms with Gasteiger partial charge in [0.15, 0.2) is 0 Å². The van der Waals surface area contributed by atoms with E-state index in [2.05, 4.69) is 28.4 Å². The summed E-state index contributed by atoms with van der Waals surface area (Å²) in [5.41, 5.74) is 1.73. The summed E-state index contributed by atoms with van der Waals surface area (Å²) < 4.78 is 6.98. The van der Waals surface area contributed by atoms with Crippen LogP contribution in [-0.4, -0.2) is 27.1 Å². The Morgan fingerprint density at radius 3 is 3.00 bits per heavy atom. The summed E-state index contributed by atoms with van der Waals surface area (Å²) in [5, 5.41) is 2.77. The van der Waals surface area contributed by atoms with Gasteiger partial charge in [-0.05, 0) is 20.8 Å². The summed E-state index contributed by atoms with van der Waals surface area (Å²) in [5.74, 6) is -0.239. The van der Waals surface area contributed by atoms with E-state index in [1.54, 1.807) is 19.4 Å². The Hall–Kier alpha value is -1.69. The van der Waals surface area contributed by atoms with E-state index in [0.717, 1.165) is 16.4 Å². The minimum absolute atomic E-state index is 0.222. The molecule has 0 N–H and O–H groups in total. The number of imidazole rings is 1. The number of ether oxygens (including phenoxy) is 1. The first-order valence-electron chi connectivity index (χ1n) is 6.24. The second kappa shape index (κ2) is 5.97. The molecule has 0 aliphatic carbocycles. The Balaban J connectivity index is 2.16. The second-order valence-electron chi connectivity index (χ2n) is 4.41. The summed E-state index contributed by atoms with van der Waals surface area (Å²) in [4.78, 5) is 20.0. The lowest BCUT2D eigenvalue weighted by Crippen LogP contribution is -2.07. The number of aromatic nitrogens is 3. The van der Waals surface area contributed by atoms with Gasteiger partial charge in [0.25, 0.3) is 0 Å². The summed E-state index contributed by atoms with van der Waals surface area (Å²) in [6.45, 7) is 6.39. The quantitative estimate of drug-likeness (QED) is 0.790. The third-order valence-corrected chi connectivity index (χ3v) is 3.54. The Labute approximate surface area is 116 Å². The van der Waals surface area contributed by atoms with Gasteiger partial charge in [-0.25, -0.2) is 9.97 Å². The fourth-order valence-electron chi connectivity index (χ4n) is 1.75. The molecule has 2 heterocycles. The molecule has 6 heteroatoms. The molecule has 0 amide bonds. The number of carbonyl (C=O) groups is 1. The minimum Gasteiger partial charge on any atom is -0.466 e. The molecule has 2 aromatic rings. The molecule has 102 valence electrons. The van der Waals surface area contributed by atoms with E-state index in [9.17, 15) is 4.79 Å². The van der Waals surface area contributed by atoms with Crippen molar-refractivity contribution in [3.63, 3.8) is 0 Å². The molecule has 0 radical (unpaired) electrons. The van der Waals surface area contributed by atoms with E-state index in [1.165, 1.54) is 11.3 Å². The van der Waals surface area contributed by atoms with Gasteiger partial charge in [0.05, 0.1) is 36.9 Å². The zero-order valence-corrected chi connectivity index (χ0v) is 12.1. The Kier molecular flexibility index (Phi) is 4.31. The molecule has 0 spiro atoms. The molecule has 0 aromatic carbocycles. The molecule has 0 aliphatic heterocycles. The Bertz CT molecular complexity index is 560. The van der Waals surface area contributed by atoms with Crippen molar-refractivity contribution >= 4 is 17.3 Å². The fraction of sp³-hybridized carbons (Fsp3) is 0.462. The number of carbonyl (C=O) groups excluding carboxylic acids is 1. The van der Waals surface area contributed by atoms with Gasteiger partial charge in [-0.2, -0.15) is 0 Å². The number of esters is 1. The SMILES string of the molecule is CCOC(=O)Cc1csc(-c2cncn2C(C)C)n1. The van der Waals surface area contributed by atoms with E-state index in [1.807, 2.05) is 5.38 Å². The van der Waals surface area contributed by atoms with Crippen LogP contribution in [-0.2, 0) is 16.0 Å². The highest BCUT2D eigenvalue weighted by molar-refractivity contribution is 7.13. The molecule has 0 saturated carbocycles. The van der Waals surface area contributed by atoms with Crippen LogP contribution in [0, 0.1) is 0 Å². The smallest absolute Gasteiger partial charge is 0.311 e. The van der Waals surface area contributed by atoms with Crippen LogP contribution in [0.25, 0.3) is 10.7 Å². The molecule has 2 aromatic heterocycles. The summed E-state index contributed by atoms with van der Waals surface area (Å²) in [6, 6.07) is 0.329. The van der Waals surface area contributed by atoms with Crippen molar-refractivity contribution in [2.24, 2.45) is 0 Å². The first-order valence-corrected chi connectivity index (χ1v) is 7.12. The lowest BCUT2D eigenvalue weighted by molar-refractivity contribution is -0.142. The standard InChI is InChI=1S/C13H17N3O2S/c1-4-18-12(17)5-10-7-19-13(15-10)11-6-14-8-16(11)9(2)3/h6-9H,4-5H2,1-3H3. The fourth-order valence-corrected chi connectivity index (χ4v) is 2.58. The van der Waals surface area contributed by atoms with Crippen molar-refractivity contribution in [3.05, 3.63) is 23.6 Å². The maximum atomic E-state index is 11.4. The van der Waals surface area contributed by atoms with Crippen molar-refractivity contribution in [3.8, 4) is 10.7 Å². The van der Waals surface area contributed by atoms with Crippen LogP contribution in [0.15, 0.2) is 17.9 Å². The molecule has 0 saturated heterocycles. The van der Waals surface area contributed by atoms with E-state index >= 15 is 0 Å². The molecular weight excluding hydrogens is 262 g/mol. The van der Waals surface area contributed by atoms with Crippen LogP contribution in [0.1, 0.15) is 32.5 Å². The van der Waals surface area contributed by atoms with E-state index in [-0.39, 0.29) is 12.4 Å². The maximum absolute atomic E-state index is 11.4. The molecule has 19 heavy (non-hydrogen) atoms. The normalized spacial score (nSPS) is 10.9. The molecule has 0 unspecified atom stereocenters. The number of nitrogens with zero attached hydrogens (tertiary/aromatic N) is 3. The first kappa shape index (κ1) is 13.7. The molecule has 2 rings (SSSR count). The summed E-state index contributed by atoms with van der Waals surface area (Å²) in [7, 11) is 0. The van der Waals surface area contributed by atoms with Crippen molar-refractivity contribution in [1.29, 1.82) is 0 Å². The summed E-state index contributed by atoms with van der Waals surface area (Å²) >= 11 is 1.52. The molecule has 0 bridgehead atoms. The van der Waals surface area contributed by atoms with E-state index in [4.69, 9.17) is 4.74 Å². The maximum Gasteiger partial charge on any atom is 0.311 e. The van der Waals surface area contributed by atoms with Gasteiger partial charge in [0, 0.05) is 11.4 Å². The Morgan fingerprint density at radius 2 is 2.32 bits per heavy atom. The highest BCUT2D eigenvalue weighted by Crippen LogP contribution is 2.26. The molecule has 5 nitrogen and oxygen atoms in total. The van der Waals surface area contributed by atoms with Crippen LogP contribution in [0.3, 0.4) is 0 Å². The summed E-state index contributed by atoms with van der Waals surface area (Å²) in [6.07, 6.45) is 3.82. The predicted molar refractivity (Wildman–Crippen MR) is 74.1 cm³/mol. The van der Waals surface area contributed by atoms with Crippen LogP contribution < -0.4 is 0 Å². The Morgan fingerprint density at radius 1 is 1.53 bits per heavy atom. The molecule has 0 fully saturated rings. The van der Waals surface area contributed by atoms with Crippen molar-refractivity contribution < 1.29 is 9.53 Å². The molecular formula is C13H17N3O2S. The van der Waals surface area contributed by atoms with Gasteiger partial charge >= 0.3 is 5.97 Å². The van der Waals surface area contributed by atoms with Crippen LogP contribution in [0.4, 0.5) is 0 Å². The van der Waals surface area contributed by atoms with E-state index < -0.39 is 0 Å². The zero-order valence-electron chi connectivity index (χ0n) is 11.3. The van der Waals surface area contributed by atoms with Crippen molar-refractivity contribution in [2.75, 3.05) is 6.61 Å². The lowest BCUT2D eigenvalue weighted by Gasteiger charge is -2.09. The number of thiazole rings is 1. The largest absolute Gasteiger partial charge is 0.466 e. The van der Waals surface area contributed by atoms with Gasteiger partial charge in [-0.1, -0.05) is 0 Å². The van der Waals surface area contributed by atoms with Gasteiger partial charge in [-0.15, -0.1) is 11.3 Å². The average Bonchev–Trinajstić information content (AvgIpc) is 2.96. The van der Waals surface area contributed by atoms with Crippen LogP contribution in [0.5, 0.6) is 0 Å². The monoisotopic (exact) mass is 279 g/mol. The van der Waals surface area contributed by atoms with E-state index in [0.29, 0.717) is 12.6 Å². The van der Waals surface area contributed by atoms with Gasteiger partial charge < -0.3 is 9.30 Å². The molecule has 0 atom stereocenters. The third-order valence-electron chi connectivity index (χ3n) is 2.62. The van der Waals surface area contributed by atoms with Gasteiger partial charge in [0.2, 0.25) is 0 Å². The minimum atomic E-state index is -0.239. The van der Waals surface area contributed by atoms with Gasteiger partial charge in [-0.3, -0.25) is 4.79 Å². The zero-order chi connectivity index (χ0) is 13.8. The van der Waals surface area contributed by atoms with Crippen molar-refractivity contribution in [1.82, 2.24) is 14.5 Å². The van der Waals surface area contributed by atoms with Crippen LogP contribution >= 0.6 is 11.3 Å². The number of hydrogen-bond acceptors (Lipinski definition) is 5. The average molecular weight is 279 g/mol. The number of hydrogen-bond donors (Lipinski definition) is 0. The first-order chi connectivity index (χ1) is 9.11. The topological polar surface area (TPSA) is 57.0 Å². The highest BCUT2D eigenvalue weighted by atomic mass is 32.1. The third kappa shape index (κ3) is 3.20.